The molecule has 0 amide bonds. The molecule has 0 aliphatic heterocycles. The van der Waals surface area contributed by atoms with E-state index in [1.54, 1.807) is 6.07 Å². The summed E-state index contributed by atoms with van der Waals surface area (Å²) in [5.41, 5.74) is 0.950. The molecule has 0 bridgehead atoms. The van der Waals surface area contributed by atoms with Crippen LogP contribution in [0.4, 0.5) is 0 Å². The molecular weight excluding hydrogens is 317 g/mol. The van der Waals surface area contributed by atoms with Crippen LogP contribution in [0.3, 0.4) is 0 Å². The van der Waals surface area contributed by atoms with Gasteiger partial charge in [0.1, 0.15) is 0 Å². The second-order valence-electron chi connectivity index (χ2n) is 6.04. The maximum absolute atomic E-state index is 10.5. The molecule has 2 unspecified atom stereocenters. The highest BCUT2D eigenvalue weighted by molar-refractivity contribution is 6.42. The molecule has 1 rings (SSSR count). The van der Waals surface area contributed by atoms with E-state index in [2.05, 4.69) is 11.8 Å². The fourth-order valence-corrected chi connectivity index (χ4v) is 2.79. The Hall–Kier alpha value is -0.540. The molecule has 1 N–H and O–H groups in total. The van der Waals surface area contributed by atoms with Crippen molar-refractivity contribution < 1.29 is 5.11 Å². The van der Waals surface area contributed by atoms with Crippen LogP contribution in [0.1, 0.15) is 38.2 Å². The number of nitrogens with zero attached hydrogens (tertiary/aromatic N) is 1. The van der Waals surface area contributed by atoms with E-state index in [1.165, 1.54) is 12.8 Å². The Morgan fingerprint density at radius 1 is 1.18 bits per heavy atom. The van der Waals surface area contributed by atoms with Crippen molar-refractivity contribution in [2.24, 2.45) is 5.92 Å². The predicted molar refractivity (Wildman–Crippen MR) is 97.7 cm³/mol. The van der Waals surface area contributed by atoms with Crippen LogP contribution in [0.5, 0.6) is 0 Å². The van der Waals surface area contributed by atoms with Gasteiger partial charge in [-0.25, -0.2) is 0 Å². The van der Waals surface area contributed by atoms with Crippen LogP contribution in [-0.4, -0.2) is 36.8 Å². The number of aliphatic hydroxyl groups excluding tert-OH is 1. The maximum Gasteiger partial charge on any atom is 0.0764 e. The van der Waals surface area contributed by atoms with E-state index in [0.29, 0.717) is 10.0 Å². The fourth-order valence-electron chi connectivity index (χ4n) is 2.48. The Morgan fingerprint density at radius 3 is 2.50 bits per heavy atom. The molecule has 124 valence electrons. The van der Waals surface area contributed by atoms with E-state index in [9.17, 15) is 5.11 Å². The summed E-state index contributed by atoms with van der Waals surface area (Å²) in [5, 5.41) is 11.5. The first kappa shape index (κ1) is 19.5. The van der Waals surface area contributed by atoms with Crippen LogP contribution < -0.4 is 0 Å². The summed E-state index contributed by atoms with van der Waals surface area (Å²) in [4.78, 5) is 2.13. The highest BCUT2D eigenvalue weighted by Crippen LogP contribution is 2.24. The molecule has 2 atom stereocenters. The number of halogens is 2. The number of benzene rings is 1. The molecular formula is C18H27Cl2NO. The first-order valence-corrected chi connectivity index (χ1v) is 8.65. The molecule has 0 saturated carbocycles. The lowest BCUT2D eigenvalue weighted by molar-refractivity contribution is 0.122. The van der Waals surface area contributed by atoms with Crippen molar-refractivity contribution in [1.82, 2.24) is 4.90 Å². The van der Waals surface area contributed by atoms with Gasteiger partial charge in [0, 0.05) is 12.5 Å². The molecule has 1 aromatic carbocycles. The Balaban J connectivity index is 2.68. The topological polar surface area (TPSA) is 23.5 Å². The lowest BCUT2D eigenvalue weighted by atomic mass is 9.94. The summed E-state index contributed by atoms with van der Waals surface area (Å²) < 4.78 is 0. The lowest BCUT2D eigenvalue weighted by Crippen LogP contribution is -2.30. The minimum absolute atomic E-state index is 0.251. The zero-order chi connectivity index (χ0) is 16.5. The number of hydrogen-bond donors (Lipinski definition) is 1. The van der Waals surface area contributed by atoms with Gasteiger partial charge < -0.3 is 10.0 Å². The van der Waals surface area contributed by atoms with E-state index >= 15 is 0 Å². The van der Waals surface area contributed by atoms with Gasteiger partial charge in [-0.15, -0.1) is 0 Å². The van der Waals surface area contributed by atoms with Gasteiger partial charge in [-0.2, -0.15) is 0 Å². The largest absolute Gasteiger partial charge is 0.389 e. The Morgan fingerprint density at radius 2 is 1.91 bits per heavy atom. The quantitative estimate of drug-likeness (QED) is 0.628. The molecule has 1 aromatic rings. The third-order valence-electron chi connectivity index (χ3n) is 3.69. The maximum atomic E-state index is 10.5. The van der Waals surface area contributed by atoms with E-state index < -0.39 is 6.10 Å². The molecule has 0 aromatic heterocycles. The van der Waals surface area contributed by atoms with Crippen LogP contribution in [-0.2, 0) is 0 Å². The van der Waals surface area contributed by atoms with Gasteiger partial charge in [-0.05, 0) is 38.2 Å². The molecule has 22 heavy (non-hydrogen) atoms. The van der Waals surface area contributed by atoms with Crippen LogP contribution >= 0.6 is 23.2 Å². The molecule has 0 aliphatic carbocycles. The standard InChI is InChI=1S/C18H27Cl2NO/c1-4-5-6-7-15(13-21(2)3)18(22)11-9-14-8-10-16(19)17(20)12-14/h8-12,15,18,22H,4-7,13H2,1-3H3/b11-9+. The molecule has 0 aliphatic rings. The van der Waals surface area contributed by atoms with Crippen molar-refractivity contribution >= 4 is 29.3 Å². The molecule has 4 heteroatoms. The van der Waals surface area contributed by atoms with Gasteiger partial charge in [0.05, 0.1) is 16.1 Å². The molecule has 2 nitrogen and oxygen atoms in total. The lowest BCUT2D eigenvalue weighted by Gasteiger charge is -2.24. The highest BCUT2D eigenvalue weighted by Gasteiger charge is 2.17. The molecule has 0 radical (unpaired) electrons. The van der Waals surface area contributed by atoms with Crippen molar-refractivity contribution in [2.45, 2.75) is 38.7 Å². The summed E-state index contributed by atoms with van der Waals surface area (Å²) in [5.74, 6) is 0.251. The zero-order valence-corrected chi connectivity index (χ0v) is 15.2. The van der Waals surface area contributed by atoms with Crippen LogP contribution in [0.2, 0.25) is 10.0 Å². The van der Waals surface area contributed by atoms with Crippen LogP contribution in [0.25, 0.3) is 6.08 Å². The predicted octanol–water partition coefficient (Wildman–Crippen LogP) is 5.13. The second kappa shape index (κ2) is 10.3. The third-order valence-corrected chi connectivity index (χ3v) is 4.43. The van der Waals surface area contributed by atoms with Gasteiger partial charge >= 0.3 is 0 Å². The average molecular weight is 344 g/mol. The van der Waals surface area contributed by atoms with Crippen molar-refractivity contribution in [3.63, 3.8) is 0 Å². The monoisotopic (exact) mass is 343 g/mol. The normalized spacial score (nSPS) is 14.7. The number of aliphatic hydroxyl groups is 1. The average Bonchev–Trinajstić information content (AvgIpc) is 2.47. The molecule has 0 fully saturated rings. The summed E-state index contributed by atoms with van der Waals surface area (Å²) in [6, 6.07) is 5.48. The Bertz CT molecular complexity index is 474. The fraction of sp³-hybridized carbons (Fsp3) is 0.556. The number of unbranched alkanes of at least 4 members (excludes halogenated alkanes) is 2. The molecule has 0 heterocycles. The van der Waals surface area contributed by atoms with Gasteiger partial charge in [-0.3, -0.25) is 0 Å². The SMILES string of the molecule is CCCCCC(CN(C)C)C(O)/C=C/c1ccc(Cl)c(Cl)c1. The third kappa shape index (κ3) is 7.15. The number of rotatable bonds is 9. The first-order chi connectivity index (χ1) is 10.4. The smallest absolute Gasteiger partial charge is 0.0764 e. The van der Waals surface area contributed by atoms with Gasteiger partial charge in [0.2, 0.25) is 0 Å². The van der Waals surface area contributed by atoms with Crippen LogP contribution in [0, 0.1) is 5.92 Å². The van der Waals surface area contributed by atoms with Gasteiger partial charge in [0.25, 0.3) is 0 Å². The van der Waals surface area contributed by atoms with E-state index in [-0.39, 0.29) is 5.92 Å². The number of hydrogen-bond acceptors (Lipinski definition) is 2. The van der Waals surface area contributed by atoms with Crippen molar-refractivity contribution in [2.75, 3.05) is 20.6 Å². The van der Waals surface area contributed by atoms with Gasteiger partial charge in [0.15, 0.2) is 0 Å². The van der Waals surface area contributed by atoms with Crippen molar-refractivity contribution in [3.05, 3.63) is 39.9 Å². The summed E-state index contributed by atoms with van der Waals surface area (Å²) in [6.07, 6.45) is 7.94. The summed E-state index contributed by atoms with van der Waals surface area (Å²) in [7, 11) is 4.09. The van der Waals surface area contributed by atoms with Crippen LogP contribution in [0.15, 0.2) is 24.3 Å². The minimum atomic E-state index is -0.450. The molecule has 0 spiro atoms. The Kier molecular flexibility index (Phi) is 9.11. The Labute approximate surface area is 144 Å². The highest BCUT2D eigenvalue weighted by atomic mass is 35.5. The van der Waals surface area contributed by atoms with E-state index in [4.69, 9.17) is 23.2 Å². The van der Waals surface area contributed by atoms with E-state index in [0.717, 1.165) is 24.9 Å². The second-order valence-corrected chi connectivity index (χ2v) is 6.86. The first-order valence-electron chi connectivity index (χ1n) is 7.90. The van der Waals surface area contributed by atoms with Gasteiger partial charge in [-0.1, -0.05) is 67.6 Å². The molecule has 0 saturated heterocycles. The summed E-state index contributed by atoms with van der Waals surface area (Å²) >= 11 is 11.9. The minimum Gasteiger partial charge on any atom is -0.389 e. The summed E-state index contributed by atoms with van der Waals surface area (Å²) in [6.45, 7) is 3.08. The van der Waals surface area contributed by atoms with Crippen molar-refractivity contribution in [1.29, 1.82) is 0 Å². The zero-order valence-electron chi connectivity index (χ0n) is 13.7. The van der Waals surface area contributed by atoms with E-state index in [1.807, 2.05) is 38.4 Å². The van der Waals surface area contributed by atoms with Crippen molar-refractivity contribution in [3.8, 4) is 0 Å².